The number of hydrogen-bond donors (Lipinski definition) is 1. The number of anilines is 1. The molecule has 22 heavy (non-hydrogen) atoms. The van der Waals surface area contributed by atoms with E-state index in [1.54, 1.807) is 11.8 Å². The number of fused-ring (bicyclic) bond motifs is 1. The van der Waals surface area contributed by atoms with Gasteiger partial charge in [0.25, 0.3) is 5.91 Å². The molecule has 0 fully saturated rings. The number of nitrogens with zero attached hydrogens (tertiary/aromatic N) is 1. The summed E-state index contributed by atoms with van der Waals surface area (Å²) >= 11 is 0. The molecule has 0 aromatic heterocycles. The van der Waals surface area contributed by atoms with Crippen molar-refractivity contribution in [3.05, 3.63) is 29.3 Å². The van der Waals surface area contributed by atoms with Crippen molar-refractivity contribution in [1.82, 2.24) is 4.90 Å². The number of ether oxygens (including phenoxy) is 1. The zero-order valence-electron chi connectivity index (χ0n) is 13.5. The Morgan fingerprint density at radius 1 is 1.36 bits per heavy atom. The maximum Gasteiger partial charge on any atom is 0.325 e. The molecule has 0 atom stereocenters. The molecule has 2 rings (SSSR count). The van der Waals surface area contributed by atoms with Gasteiger partial charge in [-0.05, 0) is 43.0 Å². The average Bonchev–Trinajstić information content (AvgIpc) is 2.92. The standard InChI is InChI=1S/C17H24N2O3/c1-4-22-16(20)11-19(10-12(2)3)17(21)14-5-6-15-13(9-14)7-8-18-15/h5-6,9,12,18H,4,7-8,10-11H2,1-3H3. The molecule has 1 aromatic carbocycles. The number of nitrogens with one attached hydrogen (secondary N) is 1. The highest BCUT2D eigenvalue weighted by atomic mass is 16.5. The number of hydrogen-bond acceptors (Lipinski definition) is 4. The topological polar surface area (TPSA) is 58.6 Å². The molecule has 1 amide bonds. The first-order valence-electron chi connectivity index (χ1n) is 7.83. The summed E-state index contributed by atoms with van der Waals surface area (Å²) in [4.78, 5) is 26.0. The number of carbonyl (C=O) groups is 2. The second-order valence-corrected chi connectivity index (χ2v) is 5.93. The fourth-order valence-electron chi connectivity index (χ4n) is 2.64. The van der Waals surface area contributed by atoms with Crippen molar-refractivity contribution >= 4 is 17.6 Å². The van der Waals surface area contributed by atoms with Crippen LogP contribution in [0.4, 0.5) is 5.69 Å². The van der Waals surface area contributed by atoms with E-state index in [0.717, 1.165) is 24.2 Å². The molecule has 5 nitrogen and oxygen atoms in total. The molecular weight excluding hydrogens is 280 g/mol. The summed E-state index contributed by atoms with van der Waals surface area (Å²) in [6, 6.07) is 5.68. The van der Waals surface area contributed by atoms with Gasteiger partial charge >= 0.3 is 5.97 Å². The first-order valence-corrected chi connectivity index (χ1v) is 7.83. The Morgan fingerprint density at radius 2 is 2.14 bits per heavy atom. The third kappa shape index (κ3) is 4.00. The van der Waals surface area contributed by atoms with Gasteiger partial charge in [-0.15, -0.1) is 0 Å². The van der Waals surface area contributed by atoms with E-state index in [9.17, 15) is 9.59 Å². The van der Waals surface area contributed by atoms with Gasteiger partial charge in [0, 0.05) is 24.3 Å². The predicted molar refractivity (Wildman–Crippen MR) is 86.0 cm³/mol. The number of amides is 1. The lowest BCUT2D eigenvalue weighted by Gasteiger charge is -2.24. The lowest BCUT2D eigenvalue weighted by molar-refractivity contribution is -0.143. The van der Waals surface area contributed by atoms with Gasteiger partial charge in [-0.3, -0.25) is 9.59 Å². The van der Waals surface area contributed by atoms with Gasteiger partial charge in [-0.1, -0.05) is 13.8 Å². The van der Waals surface area contributed by atoms with Crippen LogP contribution in [0.15, 0.2) is 18.2 Å². The molecule has 0 spiro atoms. The minimum atomic E-state index is -0.362. The van der Waals surface area contributed by atoms with Gasteiger partial charge < -0.3 is 15.0 Å². The fraction of sp³-hybridized carbons (Fsp3) is 0.529. The summed E-state index contributed by atoms with van der Waals surface area (Å²) in [6.45, 7) is 7.59. The highest BCUT2D eigenvalue weighted by Gasteiger charge is 2.22. The average molecular weight is 304 g/mol. The van der Waals surface area contributed by atoms with Gasteiger partial charge in [0.15, 0.2) is 0 Å². The van der Waals surface area contributed by atoms with Crippen LogP contribution in [0.2, 0.25) is 0 Å². The van der Waals surface area contributed by atoms with Gasteiger partial charge in [-0.25, -0.2) is 0 Å². The first-order chi connectivity index (χ1) is 10.5. The Kier molecular flexibility index (Phi) is 5.41. The van der Waals surface area contributed by atoms with Crippen LogP contribution in [0.1, 0.15) is 36.7 Å². The van der Waals surface area contributed by atoms with Crippen LogP contribution in [0.25, 0.3) is 0 Å². The largest absolute Gasteiger partial charge is 0.465 e. The second-order valence-electron chi connectivity index (χ2n) is 5.93. The first kappa shape index (κ1) is 16.3. The Hall–Kier alpha value is -2.04. The van der Waals surface area contributed by atoms with Gasteiger partial charge in [0.05, 0.1) is 6.61 Å². The molecule has 1 N–H and O–H groups in total. The molecule has 0 saturated carbocycles. The van der Waals surface area contributed by atoms with Crippen LogP contribution < -0.4 is 5.32 Å². The molecule has 1 aromatic rings. The lowest BCUT2D eigenvalue weighted by atomic mass is 10.1. The van der Waals surface area contributed by atoms with E-state index in [0.29, 0.717) is 18.7 Å². The third-order valence-corrected chi connectivity index (χ3v) is 3.56. The summed E-state index contributed by atoms with van der Waals surface area (Å²) in [5.74, 6) is -0.190. The van der Waals surface area contributed by atoms with Crippen LogP contribution in [0.5, 0.6) is 0 Å². The molecule has 0 saturated heterocycles. The summed E-state index contributed by atoms with van der Waals surface area (Å²) in [5.41, 5.74) is 2.89. The second kappa shape index (κ2) is 7.29. The van der Waals surface area contributed by atoms with Gasteiger partial charge in [0.2, 0.25) is 0 Å². The summed E-state index contributed by atoms with van der Waals surface area (Å²) in [7, 11) is 0. The highest BCUT2D eigenvalue weighted by Crippen LogP contribution is 2.23. The summed E-state index contributed by atoms with van der Waals surface area (Å²) < 4.78 is 4.97. The van der Waals surface area contributed by atoms with Crippen LogP contribution in [0.3, 0.4) is 0 Å². The maximum atomic E-state index is 12.7. The molecule has 5 heteroatoms. The minimum Gasteiger partial charge on any atom is -0.465 e. The van der Waals surface area contributed by atoms with Gasteiger partial charge in [0.1, 0.15) is 6.54 Å². The molecule has 0 radical (unpaired) electrons. The Bertz CT molecular complexity index is 555. The van der Waals surface area contributed by atoms with E-state index < -0.39 is 0 Å². The van der Waals surface area contributed by atoms with Crippen molar-refractivity contribution in [2.75, 3.05) is 31.6 Å². The molecule has 1 aliphatic heterocycles. The smallest absolute Gasteiger partial charge is 0.325 e. The van der Waals surface area contributed by atoms with E-state index >= 15 is 0 Å². The third-order valence-electron chi connectivity index (χ3n) is 3.56. The quantitative estimate of drug-likeness (QED) is 0.819. The predicted octanol–water partition coefficient (Wildman–Crippen LogP) is 2.32. The summed E-state index contributed by atoms with van der Waals surface area (Å²) in [6.07, 6.45) is 0.929. The summed E-state index contributed by atoms with van der Waals surface area (Å²) in [5, 5.41) is 3.28. The molecule has 0 aliphatic carbocycles. The molecule has 120 valence electrons. The van der Waals surface area contributed by atoms with Gasteiger partial charge in [-0.2, -0.15) is 0 Å². The zero-order valence-corrected chi connectivity index (χ0v) is 13.5. The van der Waals surface area contributed by atoms with E-state index in [1.807, 2.05) is 32.0 Å². The van der Waals surface area contributed by atoms with E-state index in [4.69, 9.17) is 4.74 Å². The zero-order chi connectivity index (χ0) is 16.1. The number of carbonyl (C=O) groups excluding carboxylic acids is 2. The maximum absolute atomic E-state index is 12.7. The normalized spacial score (nSPS) is 12.7. The van der Waals surface area contributed by atoms with E-state index in [-0.39, 0.29) is 24.3 Å². The fourth-order valence-corrected chi connectivity index (χ4v) is 2.64. The van der Waals surface area contributed by atoms with Crippen molar-refractivity contribution in [2.24, 2.45) is 5.92 Å². The van der Waals surface area contributed by atoms with Crippen LogP contribution in [-0.2, 0) is 16.0 Å². The van der Waals surface area contributed by atoms with Crippen LogP contribution in [-0.4, -0.2) is 43.0 Å². The number of esters is 1. The molecule has 1 aliphatic rings. The van der Waals surface area contributed by atoms with Crippen LogP contribution >= 0.6 is 0 Å². The van der Waals surface area contributed by atoms with Crippen molar-refractivity contribution in [3.63, 3.8) is 0 Å². The van der Waals surface area contributed by atoms with E-state index in [2.05, 4.69) is 5.32 Å². The van der Waals surface area contributed by atoms with E-state index in [1.165, 1.54) is 0 Å². The Labute approximate surface area is 131 Å². The van der Waals surface area contributed by atoms with Crippen molar-refractivity contribution in [3.8, 4) is 0 Å². The van der Waals surface area contributed by atoms with Crippen molar-refractivity contribution in [1.29, 1.82) is 0 Å². The number of benzene rings is 1. The molecule has 1 heterocycles. The molecule has 0 unspecified atom stereocenters. The Balaban J connectivity index is 2.15. The lowest BCUT2D eigenvalue weighted by Crippen LogP contribution is -2.39. The highest BCUT2D eigenvalue weighted by molar-refractivity contribution is 5.96. The van der Waals surface area contributed by atoms with Crippen molar-refractivity contribution < 1.29 is 14.3 Å². The Morgan fingerprint density at radius 3 is 2.82 bits per heavy atom. The van der Waals surface area contributed by atoms with Crippen LogP contribution in [0, 0.1) is 5.92 Å². The van der Waals surface area contributed by atoms with Crippen molar-refractivity contribution in [2.45, 2.75) is 27.2 Å². The minimum absolute atomic E-state index is 0.000187. The monoisotopic (exact) mass is 304 g/mol. The SMILES string of the molecule is CCOC(=O)CN(CC(C)C)C(=O)c1ccc2c(c1)CCN2. The number of rotatable bonds is 6. The molecular formula is C17H24N2O3. The molecule has 0 bridgehead atoms.